The van der Waals surface area contributed by atoms with Gasteiger partial charge in [-0.25, -0.2) is 4.79 Å². The van der Waals surface area contributed by atoms with Gasteiger partial charge in [-0.1, -0.05) is 20.8 Å². The van der Waals surface area contributed by atoms with Crippen molar-refractivity contribution in [3.8, 4) is 17.2 Å². The Bertz CT molecular complexity index is 924. The predicted molar refractivity (Wildman–Crippen MR) is 93.7 cm³/mol. The average molecular weight is 360 g/mol. The van der Waals surface area contributed by atoms with E-state index in [9.17, 15) is 19.5 Å². The molecule has 1 heterocycles. The van der Waals surface area contributed by atoms with Gasteiger partial charge in [0.2, 0.25) is 0 Å². The van der Waals surface area contributed by atoms with E-state index in [0.29, 0.717) is 5.75 Å². The van der Waals surface area contributed by atoms with E-state index in [0.717, 1.165) is 10.7 Å². The molecule has 2 rings (SSSR count). The number of Topliss-reactive ketones (excluding diaryl/α,β-unsaturated/α-hetero) is 1. The lowest BCUT2D eigenvalue weighted by Crippen LogP contribution is -2.32. The van der Waals surface area contributed by atoms with Crippen molar-refractivity contribution in [3.05, 3.63) is 45.9 Å². The Morgan fingerprint density at radius 3 is 2.27 bits per heavy atom. The maximum absolute atomic E-state index is 12.6. The molecule has 8 nitrogen and oxygen atoms in total. The van der Waals surface area contributed by atoms with Gasteiger partial charge in [0.15, 0.2) is 5.78 Å². The molecular formula is C18H20N2O6. The molecule has 0 saturated heterocycles. The number of methoxy groups -OCH3 is 2. The van der Waals surface area contributed by atoms with Crippen LogP contribution in [0.2, 0.25) is 0 Å². The second-order valence-electron chi connectivity index (χ2n) is 6.58. The van der Waals surface area contributed by atoms with E-state index in [-0.39, 0.29) is 17.1 Å². The van der Waals surface area contributed by atoms with Gasteiger partial charge in [-0.2, -0.15) is 9.78 Å². The Kier molecular flexibility index (Phi) is 5.15. The number of carboxylic acids is 1. The molecule has 0 aliphatic heterocycles. The van der Waals surface area contributed by atoms with Crippen LogP contribution in [0.1, 0.15) is 41.6 Å². The summed E-state index contributed by atoms with van der Waals surface area (Å²) in [5.74, 6) is -1.15. The molecule has 0 fully saturated rings. The van der Waals surface area contributed by atoms with Gasteiger partial charge in [-0.15, -0.1) is 0 Å². The van der Waals surface area contributed by atoms with E-state index < -0.39 is 28.3 Å². The topological polar surface area (TPSA) is 108 Å². The maximum atomic E-state index is 12.6. The van der Waals surface area contributed by atoms with Crippen molar-refractivity contribution in [3.63, 3.8) is 0 Å². The zero-order valence-corrected chi connectivity index (χ0v) is 15.2. The first-order valence-corrected chi connectivity index (χ1v) is 7.75. The molecule has 0 bridgehead atoms. The zero-order chi connectivity index (χ0) is 19.6. The molecule has 138 valence electrons. The van der Waals surface area contributed by atoms with Crippen LogP contribution in [-0.4, -0.2) is 40.9 Å². The first-order valence-electron chi connectivity index (χ1n) is 7.75. The van der Waals surface area contributed by atoms with E-state index in [1.807, 2.05) is 0 Å². The van der Waals surface area contributed by atoms with Crippen molar-refractivity contribution < 1.29 is 24.2 Å². The van der Waals surface area contributed by atoms with Crippen molar-refractivity contribution >= 4 is 11.8 Å². The average Bonchev–Trinajstić information content (AvgIpc) is 2.59. The van der Waals surface area contributed by atoms with Gasteiger partial charge in [-0.3, -0.25) is 9.59 Å². The van der Waals surface area contributed by atoms with Crippen molar-refractivity contribution in [1.82, 2.24) is 9.78 Å². The Hall–Kier alpha value is -3.16. The van der Waals surface area contributed by atoms with E-state index >= 15 is 0 Å². The number of nitrogens with zero attached hydrogens (tertiary/aromatic N) is 2. The molecule has 2 aromatic rings. The Morgan fingerprint density at radius 1 is 1.12 bits per heavy atom. The lowest BCUT2D eigenvalue weighted by Gasteiger charge is -2.18. The number of carboxylic acid groups (broad SMARTS) is 1. The number of rotatable bonds is 5. The fraction of sp³-hybridized carbons (Fsp3) is 0.333. The number of carbonyl (C=O) groups is 2. The summed E-state index contributed by atoms with van der Waals surface area (Å²) in [5, 5.41) is 13.5. The summed E-state index contributed by atoms with van der Waals surface area (Å²) in [5.41, 5.74) is -2.20. The summed E-state index contributed by atoms with van der Waals surface area (Å²) < 4.78 is 11.2. The number of carbonyl (C=O) groups excluding carboxylic acids is 1. The highest BCUT2D eigenvalue weighted by atomic mass is 16.5. The number of ether oxygens (including phenoxy) is 2. The largest absolute Gasteiger partial charge is 0.497 e. The maximum Gasteiger partial charge on any atom is 0.341 e. The van der Waals surface area contributed by atoms with Crippen LogP contribution in [0.25, 0.3) is 5.69 Å². The van der Waals surface area contributed by atoms with Gasteiger partial charge in [-0.05, 0) is 18.2 Å². The number of hydrogen-bond donors (Lipinski definition) is 1. The molecule has 0 aliphatic carbocycles. The van der Waals surface area contributed by atoms with Crippen molar-refractivity contribution in [2.24, 2.45) is 5.41 Å². The molecule has 0 aliphatic rings. The van der Waals surface area contributed by atoms with Gasteiger partial charge >= 0.3 is 5.97 Å². The van der Waals surface area contributed by atoms with Crippen LogP contribution < -0.4 is 15.0 Å². The zero-order valence-electron chi connectivity index (χ0n) is 15.2. The van der Waals surface area contributed by atoms with Crippen LogP contribution in [0.3, 0.4) is 0 Å². The molecule has 0 spiro atoms. The highest BCUT2D eigenvalue weighted by Crippen LogP contribution is 2.27. The lowest BCUT2D eigenvalue weighted by atomic mass is 9.88. The molecule has 1 N–H and O–H groups in total. The van der Waals surface area contributed by atoms with Crippen molar-refractivity contribution in [1.29, 1.82) is 0 Å². The standard InChI is InChI=1S/C18H20N2O6/c1-18(2,3)15(21)12-9-11(17(23)24)16(22)20(19-12)13-8-10(25-4)6-7-14(13)26-5/h6-9H,1-5H3,(H,23,24). The first-order chi connectivity index (χ1) is 12.1. The minimum atomic E-state index is -1.45. The fourth-order valence-corrected chi connectivity index (χ4v) is 2.27. The van der Waals surface area contributed by atoms with E-state index in [1.165, 1.54) is 20.3 Å². The quantitative estimate of drug-likeness (QED) is 0.814. The highest BCUT2D eigenvalue weighted by molar-refractivity contribution is 6.00. The van der Waals surface area contributed by atoms with E-state index in [1.54, 1.807) is 32.9 Å². The SMILES string of the molecule is COc1ccc(OC)c(-n2nc(C(=O)C(C)(C)C)cc(C(=O)O)c2=O)c1. The number of hydrogen-bond acceptors (Lipinski definition) is 6. The summed E-state index contributed by atoms with van der Waals surface area (Å²) in [7, 11) is 2.85. The molecule has 1 aromatic heterocycles. The number of aromatic nitrogens is 2. The monoisotopic (exact) mass is 360 g/mol. The van der Waals surface area contributed by atoms with Crippen LogP contribution in [-0.2, 0) is 0 Å². The van der Waals surface area contributed by atoms with Gasteiger partial charge in [0.25, 0.3) is 5.56 Å². The van der Waals surface area contributed by atoms with Crippen molar-refractivity contribution in [2.75, 3.05) is 14.2 Å². The molecule has 0 atom stereocenters. The normalized spacial score (nSPS) is 11.1. The molecule has 0 saturated carbocycles. The molecule has 26 heavy (non-hydrogen) atoms. The van der Waals surface area contributed by atoms with Crippen LogP contribution in [0.15, 0.2) is 29.1 Å². The Balaban J connectivity index is 2.85. The molecule has 0 amide bonds. The minimum Gasteiger partial charge on any atom is -0.497 e. The summed E-state index contributed by atoms with van der Waals surface area (Å²) in [4.78, 5) is 36.7. The van der Waals surface area contributed by atoms with E-state index in [4.69, 9.17) is 9.47 Å². The summed E-state index contributed by atoms with van der Waals surface area (Å²) in [6.07, 6.45) is 0. The third-order valence-electron chi connectivity index (χ3n) is 3.67. The van der Waals surface area contributed by atoms with Crippen molar-refractivity contribution in [2.45, 2.75) is 20.8 Å². The molecule has 8 heteroatoms. The van der Waals surface area contributed by atoms with Gasteiger partial charge in [0.05, 0.1) is 14.2 Å². The molecule has 0 radical (unpaired) electrons. The first kappa shape index (κ1) is 19.2. The summed E-state index contributed by atoms with van der Waals surface area (Å²) >= 11 is 0. The van der Waals surface area contributed by atoms with Gasteiger partial charge in [0, 0.05) is 11.5 Å². The molecule has 1 aromatic carbocycles. The van der Waals surface area contributed by atoms with Crippen LogP contribution >= 0.6 is 0 Å². The molecule has 0 unspecified atom stereocenters. The van der Waals surface area contributed by atoms with Gasteiger partial charge < -0.3 is 14.6 Å². The third kappa shape index (κ3) is 3.58. The predicted octanol–water partition coefficient (Wildman–Crippen LogP) is 2.18. The number of benzene rings is 1. The minimum absolute atomic E-state index is 0.126. The molecular weight excluding hydrogens is 340 g/mol. The van der Waals surface area contributed by atoms with Crippen LogP contribution in [0, 0.1) is 5.41 Å². The van der Waals surface area contributed by atoms with E-state index in [2.05, 4.69) is 5.10 Å². The smallest absolute Gasteiger partial charge is 0.341 e. The Morgan fingerprint density at radius 2 is 1.77 bits per heavy atom. The Labute approximate surface area is 150 Å². The van der Waals surface area contributed by atoms with Gasteiger partial charge in [0.1, 0.15) is 28.4 Å². The summed E-state index contributed by atoms with van der Waals surface area (Å²) in [6, 6.07) is 5.65. The number of ketones is 1. The highest BCUT2D eigenvalue weighted by Gasteiger charge is 2.28. The third-order valence-corrected chi connectivity index (χ3v) is 3.67. The second kappa shape index (κ2) is 6.99. The second-order valence-corrected chi connectivity index (χ2v) is 6.58. The van der Waals surface area contributed by atoms with Crippen LogP contribution in [0.5, 0.6) is 11.5 Å². The summed E-state index contributed by atoms with van der Waals surface area (Å²) in [6.45, 7) is 5.04. The fourth-order valence-electron chi connectivity index (χ4n) is 2.27. The lowest BCUT2D eigenvalue weighted by molar-refractivity contribution is 0.0694. The van der Waals surface area contributed by atoms with Crippen LogP contribution in [0.4, 0.5) is 0 Å². The number of aromatic carboxylic acids is 1.